The summed E-state index contributed by atoms with van der Waals surface area (Å²) in [4.78, 5) is 4.23. The molecule has 0 saturated carbocycles. The summed E-state index contributed by atoms with van der Waals surface area (Å²) in [5, 5.41) is 0. The Morgan fingerprint density at radius 2 is 2.25 bits per heavy atom. The molecule has 0 atom stereocenters. The molecule has 66 valence electrons. The van der Waals surface area contributed by atoms with Crippen molar-refractivity contribution in [3.05, 3.63) is 29.6 Å². The Balaban J connectivity index is 2.58. The highest BCUT2D eigenvalue weighted by molar-refractivity contribution is 7.96. The van der Waals surface area contributed by atoms with Gasteiger partial charge in [0, 0.05) is 18.4 Å². The van der Waals surface area contributed by atoms with Crippen molar-refractivity contribution in [3.63, 3.8) is 0 Å². The summed E-state index contributed by atoms with van der Waals surface area (Å²) in [5.74, 6) is 0. The summed E-state index contributed by atoms with van der Waals surface area (Å²) < 4.78 is 2.17. The summed E-state index contributed by atoms with van der Waals surface area (Å²) in [6.45, 7) is 2.95. The molecule has 0 aliphatic carbocycles. The second-order valence-corrected chi connectivity index (χ2v) is 3.76. The van der Waals surface area contributed by atoms with Crippen LogP contribution in [0.3, 0.4) is 0 Å². The number of hydrogen-bond donors (Lipinski definition) is 0. The Hall–Kier alpha value is -0.540. The lowest BCUT2D eigenvalue weighted by Crippen LogP contribution is -2.07. The lowest BCUT2D eigenvalue weighted by atomic mass is 10.2. The molecule has 0 spiro atoms. The third-order valence-electron chi connectivity index (χ3n) is 1.69. The first kappa shape index (κ1) is 9.55. The minimum atomic E-state index is 0.953. The second kappa shape index (κ2) is 4.48. The topological polar surface area (TPSA) is 16.1 Å². The Labute approximate surface area is 78.1 Å². The van der Waals surface area contributed by atoms with Gasteiger partial charge in [-0.3, -0.25) is 4.98 Å². The molecule has 0 bridgehead atoms. The number of aryl methyl sites for hydroxylation is 1. The van der Waals surface area contributed by atoms with E-state index in [0.717, 1.165) is 12.2 Å². The predicted octanol–water partition coefficient (Wildman–Crippen LogP) is 2.10. The van der Waals surface area contributed by atoms with E-state index in [9.17, 15) is 0 Å². The van der Waals surface area contributed by atoms with Crippen molar-refractivity contribution >= 4 is 11.9 Å². The number of rotatable bonds is 3. The number of nitrogens with zero attached hydrogens (tertiary/aromatic N) is 2. The van der Waals surface area contributed by atoms with E-state index in [1.54, 1.807) is 11.9 Å². The molecule has 0 fully saturated rings. The highest BCUT2D eigenvalue weighted by atomic mass is 32.2. The maximum Gasteiger partial charge on any atom is 0.0372 e. The zero-order chi connectivity index (χ0) is 8.97. The van der Waals surface area contributed by atoms with Gasteiger partial charge in [0.25, 0.3) is 0 Å². The number of hydrogen-bond acceptors (Lipinski definition) is 3. The second-order valence-electron chi connectivity index (χ2n) is 2.78. The maximum absolute atomic E-state index is 4.23. The molecule has 0 aromatic carbocycles. The molecule has 2 nitrogen and oxygen atoms in total. The lowest BCUT2D eigenvalue weighted by molar-refractivity contribution is 0.565. The van der Waals surface area contributed by atoms with E-state index in [1.165, 1.54) is 5.56 Å². The molecule has 1 aromatic heterocycles. The molecule has 0 amide bonds. The van der Waals surface area contributed by atoms with Crippen LogP contribution in [0, 0.1) is 6.92 Å². The number of aromatic nitrogens is 1. The van der Waals surface area contributed by atoms with Gasteiger partial charge in [-0.05, 0) is 31.9 Å². The van der Waals surface area contributed by atoms with E-state index in [0.29, 0.717) is 0 Å². The molecular weight excluding hydrogens is 168 g/mol. The normalized spacial score (nSPS) is 10.7. The molecule has 0 aliphatic rings. The van der Waals surface area contributed by atoms with Crippen LogP contribution >= 0.6 is 11.9 Å². The van der Waals surface area contributed by atoms with Gasteiger partial charge in [-0.2, -0.15) is 0 Å². The Bertz CT molecular complexity index is 233. The van der Waals surface area contributed by atoms with Crippen LogP contribution in [0.1, 0.15) is 11.3 Å². The monoisotopic (exact) mass is 182 g/mol. The fourth-order valence-corrected chi connectivity index (χ4v) is 1.19. The van der Waals surface area contributed by atoms with Crippen LogP contribution in [-0.2, 0) is 6.54 Å². The van der Waals surface area contributed by atoms with Crippen molar-refractivity contribution in [1.29, 1.82) is 0 Å². The van der Waals surface area contributed by atoms with Crippen LogP contribution in [-0.4, -0.2) is 22.6 Å². The van der Waals surface area contributed by atoms with E-state index in [-0.39, 0.29) is 0 Å². The SMILES string of the molecule is CSN(C)Cc1ccc(C)nc1. The van der Waals surface area contributed by atoms with Crippen LogP contribution in [0.25, 0.3) is 0 Å². The van der Waals surface area contributed by atoms with Crippen molar-refractivity contribution in [2.75, 3.05) is 13.3 Å². The Morgan fingerprint density at radius 3 is 2.75 bits per heavy atom. The molecule has 1 aromatic rings. The molecule has 0 radical (unpaired) electrons. The Kier molecular flexibility index (Phi) is 3.56. The molecule has 0 unspecified atom stereocenters. The van der Waals surface area contributed by atoms with Gasteiger partial charge in [0.1, 0.15) is 0 Å². The predicted molar refractivity (Wildman–Crippen MR) is 54.0 cm³/mol. The molecule has 1 heterocycles. The fourth-order valence-electron chi connectivity index (χ4n) is 0.914. The van der Waals surface area contributed by atoms with Crippen molar-refractivity contribution in [2.45, 2.75) is 13.5 Å². The lowest BCUT2D eigenvalue weighted by Gasteiger charge is -2.11. The third kappa shape index (κ3) is 2.83. The molecule has 12 heavy (non-hydrogen) atoms. The van der Waals surface area contributed by atoms with Crippen molar-refractivity contribution in [1.82, 2.24) is 9.29 Å². The zero-order valence-corrected chi connectivity index (χ0v) is 8.56. The van der Waals surface area contributed by atoms with Gasteiger partial charge in [0.2, 0.25) is 0 Å². The average Bonchev–Trinajstić information content (AvgIpc) is 2.09. The van der Waals surface area contributed by atoms with E-state index in [1.807, 2.05) is 19.2 Å². The van der Waals surface area contributed by atoms with Gasteiger partial charge < -0.3 is 0 Å². The zero-order valence-electron chi connectivity index (χ0n) is 7.74. The molecule has 0 saturated heterocycles. The molecule has 0 aliphatic heterocycles. The van der Waals surface area contributed by atoms with Crippen LogP contribution in [0.5, 0.6) is 0 Å². The van der Waals surface area contributed by atoms with Gasteiger partial charge in [0.05, 0.1) is 0 Å². The first-order chi connectivity index (χ1) is 5.72. The summed E-state index contributed by atoms with van der Waals surface area (Å²) in [6, 6.07) is 4.17. The van der Waals surface area contributed by atoms with Crippen LogP contribution in [0.2, 0.25) is 0 Å². The van der Waals surface area contributed by atoms with Gasteiger partial charge in [-0.15, -0.1) is 0 Å². The van der Waals surface area contributed by atoms with Crippen molar-refractivity contribution in [3.8, 4) is 0 Å². The van der Waals surface area contributed by atoms with Crippen molar-refractivity contribution in [2.24, 2.45) is 0 Å². The third-order valence-corrected chi connectivity index (χ3v) is 2.44. The van der Waals surface area contributed by atoms with E-state index < -0.39 is 0 Å². The largest absolute Gasteiger partial charge is 0.261 e. The van der Waals surface area contributed by atoms with Crippen LogP contribution in [0.4, 0.5) is 0 Å². The van der Waals surface area contributed by atoms with Crippen LogP contribution < -0.4 is 0 Å². The van der Waals surface area contributed by atoms with E-state index >= 15 is 0 Å². The van der Waals surface area contributed by atoms with Crippen LogP contribution in [0.15, 0.2) is 18.3 Å². The summed E-state index contributed by atoms with van der Waals surface area (Å²) in [6.07, 6.45) is 4.00. The first-order valence-electron chi connectivity index (χ1n) is 3.89. The first-order valence-corrected chi connectivity index (χ1v) is 5.07. The fraction of sp³-hybridized carbons (Fsp3) is 0.444. The van der Waals surface area contributed by atoms with E-state index in [2.05, 4.69) is 28.7 Å². The van der Waals surface area contributed by atoms with Gasteiger partial charge in [-0.1, -0.05) is 18.0 Å². The summed E-state index contributed by atoms with van der Waals surface area (Å²) in [7, 11) is 2.07. The maximum atomic E-state index is 4.23. The summed E-state index contributed by atoms with van der Waals surface area (Å²) >= 11 is 1.73. The van der Waals surface area contributed by atoms with Gasteiger partial charge in [-0.25, -0.2) is 4.31 Å². The van der Waals surface area contributed by atoms with Crippen molar-refractivity contribution < 1.29 is 0 Å². The van der Waals surface area contributed by atoms with Gasteiger partial charge >= 0.3 is 0 Å². The minimum Gasteiger partial charge on any atom is -0.261 e. The highest BCUT2D eigenvalue weighted by Crippen LogP contribution is 2.08. The molecule has 0 N–H and O–H groups in total. The average molecular weight is 182 g/mol. The quantitative estimate of drug-likeness (QED) is 0.666. The standard InChI is InChI=1S/C9H14N2S/c1-8-4-5-9(6-10-8)7-11(2)12-3/h4-6H,7H2,1-3H3. The highest BCUT2D eigenvalue weighted by Gasteiger charge is 1.97. The molecular formula is C9H14N2S. The summed E-state index contributed by atoms with van der Waals surface area (Å²) in [5.41, 5.74) is 2.34. The van der Waals surface area contributed by atoms with E-state index in [4.69, 9.17) is 0 Å². The van der Waals surface area contributed by atoms with Gasteiger partial charge in [0.15, 0.2) is 0 Å². The molecule has 3 heteroatoms. The minimum absolute atomic E-state index is 0.953. The smallest absolute Gasteiger partial charge is 0.0372 e. The number of pyridine rings is 1. The Morgan fingerprint density at radius 1 is 1.50 bits per heavy atom. The molecule has 1 rings (SSSR count).